The number of ether oxygens (including phenoxy) is 1. The summed E-state index contributed by atoms with van der Waals surface area (Å²) in [6.45, 7) is -0.204. The van der Waals surface area contributed by atoms with E-state index >= 15 is 0 Å². The molecule has 1 amide bonds. The first-order valence-corrected chi connectivity index (χ1v) is 9.36. The second kappa shape index (κ2) is 8.47. The van der Waals surface area contributed by atoms with Gasteiger partial charge in [0.1, 0.15) is 11.5 Å². The first-order valence-electron chi connectivity index (χ1n) is 9.36. The van der Waals surface area contributed by atoms with E-state index in [1.165, 1.54) is 12.3 Å². The number of furan rings is 1. The Morgan fingerprint density at radius 2 is 1.97 bits per heavy atom. The van der Waals surface area contributed by atoms with E-state index in [4.69, 9.17) is 14.4 Å². The highest BCUT2D eigenvalue weighted by atomic mass is 19.4. The van der Waals surface area contributed by atoms with Crippen molar-refractivity contribution in [3.8, 4) is 11.8 Å². The van der Waals surface area contributed by atoms with Gasteiger partial charge < -0.3 is 13.7 Å². The molecule has 0 saturated heterocycles. The normalized spacial score (nSPS) is 11.3. The summed E-state index contributed by atoms with van der Waals surface area (Å²) >= 11 is 0. The number of nitrogens with one attached hydrogen (secondary N) is 1. The molecule has 10 heteroatoms. The predicted octanol–water partition coefficient (Wildman–Crippen LogP) is 4.59. The van der Waals surface area contributed by atoms with Gasteiger partial charge in [0.15, 0.2) is 6.61 Å². The molecule has 0 radical (unpaired) electrons. The molecule has 0 aliphatic carbocycles. The molecule has 2 aromatic heterocycles. The van der Waals surface area contributed by atoms with Crippen molar-refractivity contribution in [3.05, 3.63) is 77.7 Å². The van der Waals surface area contributed by atoms with Crippen molar-refractivity contribution in [2.75, 3.05) is 11.9 Å². The Bertz CT molecular complexity index is 1290. The summed E-state index contributed by atoms with van der Waals surface area (Å²) < 4.78 is 51.6. The maximum atomic E-state index is 13.1. The van der Waals surface area contributed by atoms with Crippen LogP contribution in [0.2, 0.25) is 0 Å². The number of halogens is 3. The summed E-state index contributed by atoms with van der Waals surface area (Å²) in [6.07, 6.45) is -3.04. The average Bonchev–Trinajstić information content (AvgIpc) is 3.40. The zero-order valence-electron chi connectivity index (χ0n) is 16.4. The third-order valence-electron chi connectivity index (χ3n) is 4.57. The second-order valence-corrected chi connectivity index (χ2v) is 6.78. The van der Waals surface area contributed by atoms with Crippen LogP contribution < -0.4 is 10.1 Å². The van der Waals surface area contributed by atoms with Gasteiger partial charge in [-0.2, -0.15) is 18.4 Å². The third kappa shape index (κ3) is 4.57. The maximum absolute atomic E-state index is 13.1. The lowest BCUT2D eigenvalue weighted by atomic mass is 10.2. The van der Waals surface area contributed by atoms with Crippen molar-refractivity contribution in [2.24, 2.45) is 0 Å². The summed E-state index contributed by atoms with van der Waals surface area (Å²) in [7, 11) is 0. The summed E-state index contributed by atoms with van der Waals surface area (Å²) in [6, 6.07) is 14.8. The van der Waals surface area contributed by atoms with E-state index < -0.39 is 17.6 Å². The van der Waals surface area contributed by atoms with Gasteiger partial charge >= 0.3 is 6.18 Å². The fraction of sp³-hybridized carbons (Fsp3) is 0.136. The van der Waals surface area contributed by atoms with Crippen LogP contribution in [0.25, 0.3) is 11.0 Å². The van der Waals surface area contributed by atoms with E-state index in [0.29, 0.717) is 22.6 Å². The van der Waals surface area contributed by atoms with Crippen LogP contribution in [0.15, 0.2) is 65.3 Å². The Balaban J connectivity index is 1.57. The number of anilines is 1. The lowest BCUT2D eigenvalue weighted by Gasteiger charge is -2.10. The van der Waals surface area contributed by atoms with E-state index in [1.807, 2.05) is 6.07 Å². The molecule has 0 spiro atoms. The number of fused-ring (bicyclic) bond motifs is 1. The Hall–Kier alpha value is -4.26. The number of imidazole rings is 1. The van der Waals surface area contributed by atoms with Crippen LogP contribution in [0, 0.1) is 11.3 Å². The molecular formula is C22H15F3N4O3. The van der Waals surface area contributed by atoms with E-state index in [2.05, 4.69) is 10.3 Å². The van der Waals surface area contributed by atoms with Crippen LogP contribution in [-0.4, -0.2) is 22.1 Å². The number of amides is 1. The number of nitriles is 1. The fourth-order valence-electron chi connectivity index (χ4n) is 3.06. The molecule has 1 N–H and O–H groups in total. The lowest BCUT2D eigenvalue weighted by Crippen LogP contribution is -2.22. The number of carbonyl (C=O) groups excluding carboxylic acids is 1. The number of alkyl halides is 3. The smallest absolute Gasteiger partial charge is 0.416 e. The van der Waals surface area contributed by atoms with Gasteiger partial charge in [0, 0.05) is 0 Å². The number of benzene rings is 2. The van der Waals surface area contributed by atoms with Crippen molar-refractivity contribution >= 4 is 22.9 Å². The number of nitrogens with zero attached hydrogens (tertiary/aromatic N) is 3. The van der Waals surface area contributed by atoms with Gasteiger partial charge in [-0.15, -0.1) is 0 Å². The monoisotopic (exact) mass is 440 g/mol. The van der Waals surface area contributed by atoms with Crippen molar-refractivity contribution < 1.29 is 27.1 Å². The van der Waals surface area contributed by atoms with Crippen molar-refractivity contribution in [3.63, 3.8) is 0 Å². The standard InChI is InChI=1S/C22H15F3N4O3/c23-22(24,25)15-5-8-19-18(10-15)27-21(29(19)12-17-2-1-9-31-17)28-20(30)13-32-16-6-3-14(11-26)4-7-16/h1-10H,12-13H2,(H,27,28,30). The SMILES string of the molecule is N#Cc1ccc(OCC(=O)Nc2nc3cc(C(F)(F)F)ccc3n2Cc2ccco2)cc1. The first-order chi connectivity index (χ1) is 15.3. The number of rotatable bonds is 6. The minimum Gasteiger partial charge on any atom is -0.484 e. The van der Waals surface area contributed by atoms with Crippen molar-refractivity contribution in [1.82, 2.24) is 9.55 Å². The first kappa shape index (κ1) is 21.0. The highest BCUT2D eigenvalue weighted by molar-refractivity contribution is 5.92. The minimum atomic E-state index is -4.52. The molecular weight excluding hydrogens is 425 g/mol. The largest absolute Gasteiger partial charge is 0.484 e. The zero-order chi connectivity index (χ0) is 22.7. The topological polar surface area (TPSA) is 93.1 Å². The molecule has 0 bridgehead atoms. The number of hydrogen-bond donors (Lipinski definition) is 1. The van der Waals surface area contributed by atoms with Crippen LogP contribution >= 0.6 is 0 Å². The molecule has 0 atom stereocenters. The molecule has 0 aliphatic rings. The molecule has 32 heavy (non-hydrogen) atoms. The van der Waals surface area contributed by atoms with Gasteiger partial charge in [-0.25, -0.2) is 4.98 Å². The highest BCUT2D eigenvalue weighted by Crippen LogP contribution is 2.32. The summed E-state index contributed by atoms with van der Waals surface area (Å²) in [5.41, 5.74) is 0.0914. The van der Waals surface area contributed by atoms with Gasteiger partial charge in [-0.05, 0) is 54.6 Å². The zero-order valence-corrected chi connectivity index (χ0v) is 16.4. The molecule has 2 aromatic carbocycles. The van der Waals surface area contributed by atoms with Crippen LogP contribution in [-0.2, 0) is 17.5 Å². The average molecular weight is 440 g/mol. The van der Waals surface area contributed by atoms with Gasteiger partial charge in [0.05, 0.1) is 41.0 Å². The van der Waals surface area contributed by atoms with E-state index in [1.54, 1.807) is 41.0 Å². The number of aromatic nitrogens is 2. The van der Waals surface area contributed by atoms with Crippen molar-refractivity contribution in [1.29, 1.82) is 5.26 Å². The van der Waals surface area contributed by atoms with Crippen LogP contribution in [0.1, 0.15) is 16.9 Å². The Morgan fingerprint density at radius 1 is 1.19 bits per heavy atom. The van der Waals surface area contributed by atoms with Crippen molar-refractivity contribution in [2.45, 2.75) is 12.7 Å². The number of carbonyl (C=O) groups is 1. The molecule has 7 nitrogen and oxygen atoms in total. The maximum Gasteiger partial charge on any atom is 0.416 e. The fourth-order valence-corrected chi connectivity index (χ4v) is 3.06. The Labute approximate surface area is 179 Å². The lowest BCUT2D eigenvalue weighted by molar-refractivity contribution is -0.137. The minimum absolute atomic E-state index is 0.0594. The summed E-state index contributed by atoms with van der Waals surface area (Å²) in [4.78, 5) is 16.6. The second-order valence-electron chi connectivity index (χ2n) is 6.78. The highest BCUT2D eigenvalue weighted by Gasteiger charge is 2.31. The summed E-state index contributed by atoms with van der Waals surface area (Å²) in [5.74, 6) is 0.428. The molecule has 4 aromatic rings. The van der Waals surface area contributed by atoms with E-state index in [9.17, 15) is 18.0 Å². The molecule has 0 fully saturated rings. The molecule has 0 unspecified atom stereocenters. The van der Waals surface area contributed by atoms with Crippen LogP contribution in [0.5, 0.6) is 5.75 Å². The Kier molecular flexibility index (Phi) is 5.55. The van der Waals surface area contributed by atoms with Crippen LogP contribution in [0.3, 0.4) is 0 Å². The molecule has 2 heterocycles. The van der Waals surface area contributed by atoms with Gasteiger partial charge in [0.2, 0.25) is 5.95 Å². The molecule has 0 aliphatic heterocycles. The molecule has 162 valence electrons. The quantitative estimate of drug-likeness (QED) is 0.474. The van der Waals surface area contributed by atoms with E-state index in [0.717, 1.165) is 12.1 Å². The van der Waals surface area contributed by atoms with Crippen LogP contribution in [0.4, 0.5) is 19.1 Å². The molecule has 0 saturated carbocycles. The number of hydrogen-bond acceptors (Lipinski definition) is 5. The third-order valence-corrected chi connectivity index (χ3v) is 4.57. The van der Waals surface area contributed by atoms with E-state index in [-0.39, 0.29) is 24.6 Å². The van der Waals surface area contributed by atoms with Gasteiger partial charge in [0.25, 0.3) is 5.91 Å². The van der Waals surface area contributed by atoms with Gasteiger partial charge in [-0.3, -0.25) is 10.1 Å². The van der Waals surface area contributed by atoms with Gasteiger partial charge in [-0.1, -0.05) is 0 Å². The predicted molar refractivity (Wildman–Crippen MR) is 108 cm³/mol. The summed E-state index contributed by atoms with van der Waals surface area (Å²) in [5, 5.41) is 11.4. The molecule has 4 rings (SSSR count). The Morgan fingerprint density at radius 3 is 2.62 bits per heavy atom.